The zero-order valence-corrected chi connectivity index (χ0v) is 10.9. The monoisotopic (exact) mass is 214 g/mol. The largest absolute Gasteiger partial charge is 0.0955 e. The molecule has 0 heteroatoms. The van der Waals surface area contributed by atoms with Crippen LogP contribution in [-0.2, 0) is 0 Å². The third-order valence-corrected chi connectivity index (χ3v) is 2.28. The molecule has 0 fully saturated rings. The van der Waals surface area contributed by atoms with E-state index >= 15 is 0 Å². The summed E-state index contributed by atoms with van der Waals surface area (Å²) in [4.78, 5) is 0. The van der Waals surface area contributed by atoms with E-state index in [0.29, 0.717) is 0 Å². The maximum atomic E-state index is 4.04. The van der Waals surface area contributed by atoms with Gasteiger partial charge in [0.05, 0.1) is 0 Å². The molecule has 0 atom stereocenters. The van der Waals surface area contributed by atoms with Crippen LogP contribution in [0.1, 0.15) is 27.7 Å². The fourth-order valence-corrected chi connectivity index (χ4v) is 1.18. The molecule has 0 spiro atoms. The molecule has 0 aromatic heterocycles. The van der Waals surface area contributed by atoms with Gasteiger partial charge in [-0.15, -0.1) is 0 Å². The number of allylic oxidation sites excluding steroid dienone is 9. The number of hydrogen-bond acceptors (Lipinski definition) is 0. The average molecular weight is 214 g/mol. The number of hydrogen-bond donors (Lipinski definition) is 0. The molecule has 0 saturated heterocycles. The van der Waals surface area contributed by atoms with Gasteiger partial charge in [0.2, 0.25) is 0 Å². The lowest BCUT2D eigenvalue weighted by atomic mass is 10.0. The Morgan fingerprint density at radius 2 is 1.44 bits per heavy atom. The summed E-state index contributed by atoms with van der Waals surface area (Å²) < 4.78 is 0. The van der Waals surface area contributed by atoms with Crippen LogP contribution in [0.3, 0.4) is 0 Å². The van der Waals surface area contributed by atoms with Crippen LogP contribution in [0, 0.1) is 0 Å². The van der Waals surface area contributed by atoms with E-state index in [1.54, 1.807) is 0 Å². The lowest BCUT2D eigenvalue weighted by Gasteiger charge is -2.04. The SMILES string of the molecule is C=C(C)C(=C)/C=C(\C)C(=C)/C=C(C)\C=C/C. The zero-order valence-electron chi connectivity index (χ0n) is 10.9. The fourth-order valence-electron chi connectivity index (χ4n) is 1.18. The Kier molecular flexibility index (Phi) is 6.17. The highest BCUT2D eigenvalue weighted by atomic mass is 14.0. The summed E-state index contributed by atoms with van der Waals surface area (Å²) in [5, 5.41) is 0. The topological polar surface area (TPSA) is 0 Å². The molecule has 0 radical (unpaired) electrons. The van der Waals surface area contributed by atoms with Crippen molar-refractivity contribution in [2.75, 3.05) is 0 Å². The first-order valence-electron chi connectivity index (χ1n) is 5.41. The summed E-state index contributed by atoms with van der Waals surface area (Å²) in [6, 6.07) is 0. The summed E-state index contributed by atoms with van der Waals surface area (Å²) in [6.07, 6.45) is 8.17. The Bertz CT molecular complexity index is 384. The van der Waals surface area contributed by atoms with Crippen molar-refractivity contribution in [1.29, 1.82) is 0 Å². The van der Waals surface area contributed by atoms with Gasteiger partial charge in [-0.05, 0) is 44.4 Å². The van der Waals surface area contributed by atoms with Crippen LogP contribution in [0.15, 0.2) is 71.9 Å². The first kappa shape index (κ1) is 14.4. The van der Waals surface area contributed by atoms with Gasteiger partial charge in [0.25, 0.3) is 0 Å². The van der Waals surface area contributed by atoms with Gasteiger partial charge in [-0.2, -0.15) is 0 Å². The van der Waals surface area contributed by atoms with Crippen molar-refractivity contribution in [2.24, 2.45) is 0 Å². The molecule has 0 amide bonds. The van der Waals surface area contributed by atoms with E-state index in [0.717, 1.165) is 22.3 Å². The van der Waals surface area contributed by atoms with Gasteiger partial charge in [0, 0.05) is 0 Å². The molecule has 0 aliphatic rings. The van der Waals surface area contributed by atoms with Crippen LogP contribution < -0.4 is 0 Å². The van der Waals surface area contributed by atoms with Crippen molar-refractivity contribution in [3.63, 3.8) is 0 Å². The van der Waals surface area contributed by atoms with Crippen molar-refractivity contribution in [1.82, 2.24) is 0 Å². The van der Waals surface area contributed by atoms with Crippen molar-refractivity contribution >= 4 is 0 Å². The van der Waals surface area contributed by atoms with Crippen molar-refractivity contribution in [3.05, 3.63) is 71.9 Å². The first-order chi connectivity index (χ1) is 7.38. The molecular weight excluding hydrogens is 192 g/mol. The molecule has 0 aliphatic carbocycles. The molecule has 0 bridgehead atoms. The summed E-state index contributed by atoms with van der Waals surface area (Å²) in [6.45, 7) is 19.9. The Balaban J connectivity index is 4.82. The number of rotatable bonds is 5. The van der Waals surface area contributed by atoms with E-state index in [1.807, 2.05) is 32.9 Å². The predicted octanol–water partition coefficient (Wildman–Crippen LogP) is 5.14. The van der Waals surface area contributed by atoms with E-state index in [2.05, 4.69) is 38.8 Å². The second-order valence-electron chi connectivity index (χ2n) is 4.05. The highest BCUT2D eigenvalue weighted by Gasteiger charge is 1.96. The van der Waals surface area contributed by atoms with Gasteiger partial charge in [-0.1, -0.05) is 55.2 Å². The fraction of sp³-hybridized carbons (Fsp3) is 0.250. The van der Waals surface area contributed by atoms with Gasteiger partial charge < -0.3 is 0 Å². The highest BCUT2D eigenvalue weighted by molar-refractivity contribution is 5.46. The molecule has 0 rings (SSSR count). The lowest BCUT2D eigenvalue weighted by molar-refractivity contribution is 1.36. The molecule has 0 heterocycles. The molecule has 86 valence electrons. The summed E-state index contributed by atoms with van der Waals surface area (Å²) in [5.41, 5.74) is 5.27. The molecular formula is C16H22. The third-order valence-electron chi connectivity index (χ3n) is 2.28. The minimum atomic E-state index is 0.954. The summed E-state index contributed by atoms with van der Waals surface area (Å²) in [5.74, 6) is 0. The van der Waals surface area contributed by atoms with Crippen LogP contribution in [0.4, 0.5) is 0 Å². The molecule has 0 aromatic carbocycles. The second-order valence-corrected chi connectivity index (χ2v) is 4.05. The predicted molar refractivity (Wildman–Crippen MR) is 75.4 cm³/mol. The average Bonchev–Trinajstić information content (AvgIpc) is 2.17. The smallest absolute Gasteiger partial charge is 0.0297 e. The van der Waals surface area contributed by atoms with Gasteiger partial charge in [-0.25, -0.2) is 0 Å². The molecule has 0 aromatic rings. The van der Waals surface area contributed by atoms with Crippen molar-refractivity contribution in [3.8, 4) is 0 Å². The quantitative estimate of drug-likeness (QED) is 0.556. The van der Waals surface area contributed by atoms with Gasteiger partial charge in [0.15, 0.2) is 0 Å². The van der Waals surface area contributed by atoms with Crippen molar-refractivity contribution in [2.45, 2.75) is 27.7 Å². The standard InChI is InChI=1S/C16H22/c1-8-9-13(4)10-15(6)16(7)11-14(5)12(2)3/h8-11H,2,5-6H2,1,3-4,7H3/b9-8-,13-10-,16-11+. The Morgan fingerprint density at radius 3 is 1.88 bits per heavy atom. The molecule has 0 saturated carbocycles. The zero-order chi connectivity index (χ0) is 12.7. The molecule has 0 aliphatic heterocycles. The van der Waals surface area contributed by atoms with Crippen LogP contribution in [0.2, 0.25) is 0 Å². The molecule has 16 heavy (non-hydrogen) atoms. The molecule has 0 N–H and O–H groups in total. The second kappa shape index (κ2) is 6.84. The van der Waals surface area contributed by atoms with Crippen LogP contribution in [0.5, 0.6) is 0 Å². The Labute approximate surface area is 100 Å². The summed E-state index contributed by atoms with van der Waals surface area (Å²) >= 11 is 0. The normalized spacial score (nSPS) is 13.0. The maximum absolute atomic E-state index is 4.04. The van der Waals surface area contributed by atoms with E-state index in [-0.39, 0.29) is 0 Å². The Hall–Kier alpha value is -1.56. The van der Waals surface area contributed by atoms with E-state index in [9.17, 15) is 0 Å². The van der Waals surface area contributed by atoms with Gasteiger partial charge in [-0.3, -0.25) is 0 Å². The van der Waals surface area contributed by atoms with Crippen molar-refractivity contribution < 1.29 is 0 Å². The van der Waals surface area contributed by atoms with Crippen LogP contribution >= 0.6 is 0 Å². The third kappa shape index (κ3) is 5.35. The first-order valence-corrected chi connectivity index (χ1v) is 5.41. The van der Waals surface area contributed by atoms with E-state index < -0.39 is 0 Å². The maximum Gasteiger partial charge on any atom is -0.0297 e. The lowest BCUT2D eigenvalue weighted by Crippen LogP contribution is -1.84. The minimum absolute atomic E-state index is 0.954. The molecule has 0 unspecified atom stereocenters. The van der Waals surface area contributed by atoms with Gasteiger partial charge >= 0.3 is 0 Å². The highest BCUT2D eigenvalue weighted by Crippen LogP contribution is 2.16. The minimum Gasteiger partial charge on any atom is -0.0955 e. The van der Waals surface area contributed by atoms with Gasteiger partial charge in [0.1, 0.15) is 0 Å². The summed E-state index contributed by atoms with van der Waals surface area (Å²) in [7, 11) is 0. The molecule has 0 nitrogen and oxygen atoms in total. The Morgan fingerprint density at radius 1 is 0.875 bits per heavy atom. The van der Waals surface area contributed by atoms with Crippen LogP contribution in [-0.4, -0.2) is 0 Å². The van der Waals surface area contributed by atoms with E-state index in [1.165, 1.54) is 5.57 Å². The van der Waals surface area contributed by atoms with E-state index in [4.69, 9.17) is 0 Å². The van der Waals surface area contributed by atoms with Crippen LogP contribution in [0.25, 0.3) is 0 Å².